The topological polar surface area (TPSA) is 20.2 Å². The molecule has 84 valence electrons. The lowest BCUT2D eigenvalue weighted by Gasteiger charge is -2.10. The fraction of sp³-hybridized carbons (Fsp3) is 0.538. The van der Waals surface area contributed by atoms with E-state index in [0.717, 1.165) is 24.0 Å². The summed E-state index contributed by atoms with van der Waals surface area (Å²) in [5, 5.41) is 9.66. The van der Waals surface area contributed by atoms with Gasteiger partial charge in [0.25, 0.3) is 0 Å². The van der Waals surface area contributed by atoms with Crippen LogP contribution in [0.3, 0.4) is 0 Å². The third-order valence-electron chi connectivity index (χ3n) is 2.44. The summed E-state index contributed by atoms with van der Waals surface area (Å²) in [6.45, 7) is 3.57. The SMILES string of the molecule is CCCC(O)Cc1cc(C)cc(CF)c1. The fourth-order valence-electron chi connectivity index (χ4n) is 1.85. The molecule has 1 unspecified atom stereocenters. The van der Waals surface area contributed by atoms with Crippen molar-refractivity contribution >= 4 is 0 Å². The van der Waals surface area contributed by atoms with Gasteiger partial charge in [0, 0.05) is 0 Å². The van der Waals surface area contributed by atoms with Crippen molar-refractivity contribution in [3.63, 3.8) is 0 Å². The quantitative estimate of drug-likeness (QED) is 0.791. The van der Waals surface area contributed by atoms with E-state index in [2.05, 4.69) is 0 Å². The van der Waals surface area contributed by atoms with Gasteiger partial charge in [-0.2, -0.15) is 0 Å². The Labute approximate surface area is 90.9 Å². The zero-order valence-electron chi connectivity index (χ0n) is 9.46. The number of aliphatic hydroxyl groups excluding tert-OH is 1. The van der Waals surface area contributed by atoms with Crippen LogP contribution in [0.15, 0.2) is 18.2 Å². The van der Waals surface area contributed by atoms with Crippen LogP contribution < -0.4 is 0 Å². The summed E-state index contributed by atoms with van der Waals surface area (Å²) >= 11 is 0. The van der Waals surface area contributed by atoms with Crippen molar-refractivity contribution in [3.05, 3.63) is 34.9 Å². The molecule has 0 aliphatic rings. The Hall–Kier alpha value is -0.890. The Kier molecular flexibility index (Phi) is 4.76. The molecular formula is C13H19FO. The minimum Gasteiger partial charge on any atom is -0.393 e. The molecule has 1 aromatic carbocycles. The van der Waals surface area contributed by atoms with Gasteiger partial charge in [-0.05, 0) is 30.9 Å². The van der Waals surface area contributed by atoms with Crippen molar-refractivity contribution in [2.75, 3.05) is 0 Å². The van der Waals surface area contributed by atoms with Crippen LogP contribution in [-0.4, -0.2) is 11.2 Å². The summed E-state index contributed by atoms with van der Waals surface area (Å²) < 4.78 is 12.5. The Morgan fingerprint density at radius 1 is 1.27 bits per heavy atom. The second-order valence-corrected chi connectivity index (χ2v) is 4.11. The molecule has 1 nitrogen and oxygen atoms in total. The Morgan fingerprint density at radius 2 is 1.93 bits per heavy atom. The first-order chi connectivity index (χ1) is 7.15. The van der Waals surface area contributed by atoms with Gasteiger partial charge in [-0.1, -0.05) is 37.1 Å². The molecule has 0 radical (unpaired) electrons. The summed E-state index contributed by atoms with van der Waals surface area (Å²) in [5.74, 6) is 0. The monoisotopic (exact) mass is 210 g/mol. The Bertz CT molecular complexity index is 309. The number of hydrogen-bond donors (Lipinski definition) is 1. The van der Waals surface area contributed by atoms with Crippen LogP contribution in [0.25, 0.3) is 0 Å². The number of alkyl halides is 1. The lowest BCUT2D eigenvalue weighted by atomic mass is 10.0. The van der Waals surface area contributed by atoms with Gasteiger partial charge in [0.05, 0.1) is 6.10 Å². The second-order valence-electron chi connectivity index (χ2n) is 4.11. The number of aliphatic hydroxyl groups is 1. The van der Waals surface area contributed by atoms with Crippen LogP contribution >= 0.6 is 0 Å². The van der Waals surface area contributed by atoms with Gasteiger partial charge in [0.2, 0.25) is 0 Å². The van der Waals surface area contributed by atoms with E-state index in [4.69, 9.17) is 0 Å². The molecule has 0 amide bonds. The van der Waals surface area contributed by atoms with Crippen molar-refractivity contribution in [1.82, 2.24) is 0 Å². The van der Waals surface area contributed by atoms with Gasteiger partial charge in [0.15, 0.2) is 0 Å². The van der Waals surface area contributed by atoms with Crippen molar-refractivity contribution < 1.29 is 9.50 Å². The maximum atomic E-state index is 12.5. The average Bonchev–Trinajstić information content (AvgIpc) is 2.17. The van der Waals surface area contributed by atoms with E-state index < -0.39 is 6.67 Å². The molecule has 0 bridgehead atoms. The predicted molar refractivity (Wildman–Crippen MR) is 60.6 cm³/mol. The van der Waals surface area contributed by atoms with Crippen LogP contribution in [0.4, 0.5) is 4.39 Å². The van der Waals surface area contributed by atoms with Crippen molar-refractivity contribution in [2.24, 2.45) is 0 Å². The first-order valence-electron chi connectivity index (χ1n) is 5.49. The predicted octanol–water partition coefficient (Wildman–Crippen LogP) is 3.17. The molecule has 0 heterocycles. The van der Waals surface area contributed by atoms with E-state index in [0.29, 0.717) is 12.0 Å². The second kappa shape index (κ2) is 5.86. The molecule has 0 saturated heterocycles. The van der Waals surface area contributed by atoms with Gasteiger partial charge >= 0.3 is 0 Å². The molecule has 0 saturated carbocycles. The van der Waals surface area contributed by atoms with E-state index >= 15 is 0 Å². The van der Waals surface area contributed by atoms with Gasteiger partial charge < -0.3 is 5.11 Å². The van der Waals surface area contributed by atoms with Crippen molar-refractivity contribution in [2.45, 2.75) is 45.9 Å². The molecule has 2 heteroatoms. The van der Waals surface area contributed by atoms with Crippen molar-refractivity contribution in [3.8, 4) is 0 Å². The fourth-order valence-corrected chi connectivity index (χ4v) is 1.85. The molecule has 0 fully saturated rings. The van der Waals surface area contributed by atoms with Crippen molar-refractivity contribution in [1.29, 1.82) is 0 Å². The number of aryl methyl sites for hydroxylation is 1. The number of halogens is 1. The van der Waals surface area contributed by atoms with Crippen LogP contribution in [0.5, 0.6) is 0 Å². The zero-order valence-corrected chi connectivity index (χ0v) is 9.46. The summed E-state index contributed by atoms with van der Waals surface area (Å²) in [7, 11) is 0. The highest BCUT2D eigenvalue weighted by Gasteiger charge is 2.05. The van der Waals surface area contributed by atoms with Gasteiger partial charge in [-0.15, -0.1) is 0 Å². The molecule has 0 aliphatic heterocycles. The number of hydrogen-bond acceptors (Lipinski definition) is 1. The van der Waals surface area contributed by atoms with E-state index in [-0.39, 0.29) is 6.10 Å². The highest BCUT2D eigenvalue weighted by Crippen LogP contribution is 2.14. The van der Waals surface area contributed by atoms with Gasteiger partial charge in [0.1, 0.15) is 6.67 Å². The molecule has 15 heavy (non-hydrogen) atoms. The van der Waals surface area contributed by atoms with E-state index in [1.54, 1.807) is 0 Å². The van der Waals surface area contributed by atoms with Crippen LogP contribution in [0, 0.1) is 6.92 Å². The number of rotatable bonds is 5. The Morgan fingerprint density at radius 3 is 2.53 bits per heavy atom. The molecule has 0 aromatic heterocycles. The van der Waals surface area contributed by atoms with E-state index in [1.165, 1.54) is 0 Å². The molecule has 1 aromatic rings. The van der Waals surface area contributed by atoms with Crippen LogP contribution in [0.2, 0.25) is 0 Å². The summed E-state index contributed by atoms with van der Waals surface area (Å²) in [6, 6.07) is 5.69. The molecule has 1 N–H and O–H groups in total. The van der Waals surface area contributed by atoms with Crippen LogP contribution in [-0.2, 0) is 13.1 Å². The molecule has 1 rings (SSSR count). The largest absolute Gasteiger partial charge is 0.393 e. The first kappa shape index (κ1) is 12.2. The zero-order chi connectivity index (χ0) is 11.3. The summed E-state index contributed by atoms with van der Waals surface area (Å²) in [6.07, 6.45) is 2.11. The molecular weight excluding hydrogens is 191 g/mol. The highest BCUT2D eigenvalue weighted by atomic mass is 19.1. The minimum atomic E-state index is -0.432. The Balaban J connectivity index is 2.71. The molecule has 0 spiro atoms. The smallest absolute Gasteiger partial charge is 0.115 e. The lowest BCUT2D eigenvalue weighted by molar-refractivity contribution is 0.164. The third kappa shape index (κ3) is 4.00. The van der Waals surface area contributed by atoms with E-state index in [9.17, 15) is 9.50 Å². The highest BCUT2D eigenvalue weighted by molar-refractivity contribution is 5.29. The number of benzene rings is 1. The van der Waals surface area contributed by atoms with Gasteiger partial charge in [-0.25, -0.2) is 4.39 Å². The maximum Gasteiger partial charge on any atom is 0.115 e. The molecule has 0 aliphatic carbocycles. The summed E-state index contributed by atoms with van der Waals surface area (Å²) in [4.78, 5) is 0. The lowest BCUT2D eigenvalue weighted by Crippen LogP contribution is -2.10. The van der Waals surface area contributed by atoms with Crippen LogP contribution in [0.1, 0.15) is 36.5 Å². The normalized spacial score (nSPS) is 12.8. The maximum absolute atomic E-state index is 12.5. The average molecular weight is 210 g/mol. The third-order valence-corrected chi connectivity index (χ3v) is 2.44. The minimum absolute atomic E-state index is 0.302. The van der Waals surface area contributed by atoms with E-state index in [1.807, 2.05) is 32.0 Å². The molecule has 1 atom stereocenters. The standard InChI is InChI=1S/C13H19FO/c1-3-4-13(15)8-11-5-10(2)6-12(7-11)9-14/h5-7,13,15H,3-4,8-9H2,1-2H3. The first-order valence-corrected chi connectivity index (χ1v) is 5.49. The summed E-state index contributed by atoms with van der Waals surface area (Å²) in [5.41, 5.74) is 2.79. The van der Waals surface area contributed by atoms with Gasteiger partial charge in [-0.3, -0.25) is 0 Å².